The van der Waals surface area contributed by atoms with Crippen molar-refractivity contribution < 1.29 is 23.9 Å². The van der Waals surface area contributed by atoms with Crippen LogP contribution in [0.2, 0.25) is 0 Å². The van der Waals surface area contributed by atoms with E-state index in [1.807, 2.05) is 18.2 Å². The van der Waals surface area contributed by atoms with Gasteiger partial charge in [0.15, 0.2) is 17.3 Å². The molecule has 0 aliphatic heterocycles. The Morgan fingerprint density at radius 1 is 0.828 bits per heavy atom. The molecule has 0 saturated carbocycles. The summed E-state index contributed by atoms with van der Waals surface area (Å²) in [5.41, 5.74) is 8.13. The Morgan fingerprint density at radius 2 is 1.55 bits per heavy atom. The van der Waals surface area contributed by atoms with Gasteiger partial charge in [0.25, 0.3) is 5.91 Å². The number of hydrogen-bond acceptors (Lipinski definition) is 5. The van der Waals surface area contributed by atoms with Gasteiger partial charge in [-0.25, -0.2) is 0 Å². The number of fused-ring (bicyclic) bond motifs is 1. The van der Waals surface area contributed by atoms with Gasteiger partial charge in [-0.3, -0.25) is 25.2 Å². The summed E-state index contributed by atoms with van der Waals surface area (Å²) in [6.07, 6.45) is 3.25. The lowest BCUT2D eigenvalue weighted by molar-refractivity contribution is -0.121. The Bertz CT molecular complexity index is 939. The molecule has 0 fully saturated rings. The molecule has 0 bridgehead atoms. The van der Waals surface area contributed by atoms with Gasteiger partial charge in [0, 0.05) is 24.0 Å². The van der Waals surface area contributed by atoms with Gasteiger partial charge in [-0.05, 0) is 54.7 Å². The number of amides is 2. The molecule has 2 N–H and O–H groups in total. The largest absolute Gasteiger partial charge is 0.493 e. The molecule has 152 valence electrons. The molecule has 0 heterocycles. The van der Waals surface area contributed by atoms with Crippen molar-refractivity contribution in [2.24, 2.45) is 0 Å². The highest BCUT2D eigenvalue weighted by molar-refractivity contribution is 5.99. The maximum Gasteiger partial charge on any atom is 0.269 e. The summed E-state index contributed by atoms with van der Waals surface area (Å²) in [7, 11) is 2.97. The van der Waals surface area contributed by atoms with Crippen LogP contribution in [0, 0.1) is 0 Å². The molecule has 2 amide bonds. The van der Waals surface area contributed by atoms with E-state index >= 15 is 0 Å². The topological polar surface area (TPSA) is 93.7 Å². The van der Waals surface area contributed by atoms with Crippen LogP contribution in [0.25, 0.3) is 0 Å². The predicted octanol–water partition coefficient (Wildman–Crippen LogP) is 2.62. The lowest BCUT2D eigenvalue weighted by Gasteiger charge is -2.10. The molecule has 7 heteroatoms. The zero-order chi connectivity index (χ0) is 20.8. The summed E-state index contributed by atoms with van der Waals surface area (Å²) in [4.78, 5) is 36.5. The fraction of sp³-hybridized carbons (Fsp3) is 0.318. The monoisotopic (exact) mass is 396 g/mol. The molecular formula is C22H24N2O5. The Hall–Kier alpha value is -3.35. The molecule has 29 heavy (non-hydrogen) atoms. The Labute approximate surface area is 169 Å². The van der Waals surface area contributed by atoms with Crippen molar-refractivity contribution in [3.63, 3.8) is 0 Å². The van der Waals surface area contributed by atoms with Crippen LogP contribution in [0.4, 0.5) is 0 Å². The normalized spacial score (nSPS) is 12.1. The van der Waals surface area contributed by atoms with Crippen LogP contribution in [0.3, 0.4) is 0 Å². The van der Waals surface area contributed by atoms with Gasteiger partial charge < -0.3 is 9.47 Å². The summed E-state index contributed by atoms with van der Waals surface area (Å²) >= 11 is 0. The zero-order valence-electron chi connectivity index (χ0n) is 16.5. The van der Waals surface area contributed by atoms with Crippen molar-refractivity contribution in [1.82, 2.24) is 10.9 Å². The number of carbonyl (C=O) groups is 3. The van der Waals surface area contributed by atoms with Crippen LogP contribution >= 0.6 is 0 Å². The van der Waals surface area contributed by atoms with Gasteiger partial charge in [-0.1, -0.05) is 12.1 Å². The van der Waals surface area contributed by atoms with Gasteiger partial charge in [0.2, 0.25) is 5.91 Å². The second kappa shape index (κ2) is 9.23. The summed E-state index contributed by atoms with van der Waals surface area (Å²) in [6, 6.07) is 10.4. The van der Waals surface area contributed by atoms with E-state index in [0.717, 1.165) is 19.3 Å². The number of carbonyl (C=O) groups excluding carboxylic acids is 3. The third-order valence-electron chi connectivity index (χ3n) is 4.96. The molecule has 2 aromatic carbocycles. The van der Waals surface area contributed by atoms with Gasteiger partial charge >= 0.3 is 0 Å². The van der Waals surface area contributed by atoms with Crippen molar-refractivity contribution in [3.05, 3.63) is 58.7 Å². The number of Topliss-reactive ketones (excluding diaryl/α,β-unsaturated/α-hetero) is 1. The zero-order valence-corrected chi connectivity index (χ0v) is 16.5. The molecule has 0 radical (unpaired) electrons. The van der Waals surface area contributed by atoms with E-state index in [-0.39, 0.29) is 18.6 Å². The fourth-order valence-electron chi connectivity index (χ4n) is 3.36. The lowest BCUT2D eigenvalue weighted by atomic mass is 10.0. The Morgan fingerprint density at radius 3 is 2.31 bits per heavy atom. The number of rotatable bonds is 7. The molecule has 1 aliphatic rings. The molecule has 3 rings (SSSR count). The van der Waals surface area contributed by atoms with Gasteiger partial charge in [0.1, 0.15) is 0 Å². The molecular weight excluding hydrogens is 372 g/mol. The minimum absolute atomic E-state index is 0.0118. The van der Waals surface area contributed by atoms with E-state index in [2.05, 4.69) is 10.9 Å². The standard InChI is InChI=1S/C22H24N2O5/c1-28-19-10-8-17(13-20(19)29-2)22(27)24-23-21(26)11-9-18(25)16-7-6-14-4-3-5-15(14)12-16/h6-8,10,12-13H,3-5,9,11H2,1-2H3,(H,23,26)(H,24,27). The highest BCUT2D eigenvalue weighted by atomic mass is 16.5. The third kappa shape index (κ3) is 4.93. The first-order chi connectivity index (χ1) is 14.0. The average Bonchev–Trinajstić information content (AvgIpc) is 3.23. The molecule has 1 aliphatic carbocycles. The Kier molecular flexibility index (Phi) is 6.49. The highest BCUT2D eigenvalue weighted by Gasteiger charge is 2.16. The molecule has 0 spiro atoms. The highest BCUT2D eigenvalue weighted by Crippen LogP contribution is 2.27. The minimum atomic E-state index is -0.496. The van der Waals surface area contributed by atoms with Crippen molar-refractivity contribution in [2.75, 3.05) is 14.2 Å². The van der Waals surface area contributed by atoms with E-state index in [0.29, 0.717) is 22.6 Å². The number of hydrazine groups is 1. The van der Waals surface area contributed by atoms with Gasteiger partial charge in [0.05, 0.1) is 14.2 Å². The van der Waals surface area contributed by atoms with Crippen LogP contribution in [-0.4, -0.2) is 31.8 Å². The average molecular weight is 396 g/mol. The van der Waals surface area contributed by atoms with Crippen LogP contribution in [0.5, 0.6) is 11.5 Å². The first kappa shape index (κ1) is 20.4. The van der Waals surface area contributed by atoms with Crippen molar-refractivity contribution in [3.8, 4) is 11.5 Å². The number of nitrogens with one attached hydrogen (secondary N) is 2. The smallest absolute Gasteiger partial charge is 0.269 e. The molecule has 0 saturated heterocycles. The summed E-state index contributed by atoms with van der Waals surface area (Å²) in [5, 5.41) is 0. The molecule has 0 atom stereocenters. The summed E-state index contributed by atoms with van der Waals surface area (Å²) in [6.45, 7) is 0. The van der Waals surface area contributed by atoms with E-state index in [4.69, 9.17) is 9.47 Å². The van der Waals surface area contributed by atoms with Crippen LogP contribution < -0.4 is 20.3 Å². The molecule has 0 unspecified atom stereocenters. The van der Waals surface area contributed by atoms with E-state index in [1.165, 1.54) is 31.4 Å². The summed E-state index contributed by atoms with van der Waals surface area (Å²) in [5.74, 6) is -0.108. The number of methoxy groups -OCH3 is 2. The fourth-order valence-corrected chi connectivity index (χ4v) is 3.36. The number of hydrogen-bond donors (Lipinski definition) is 2. The first-order valence-corrected chi connectivity index (χ1v) is 9.48. The van der Waals surface area contributed by atoms with Gasteiger partial charge in [-0.2, -0.15) is 0 Å². The van der Waals surface area contributed by atoms with E-state index in [9.17, 15) is 14.4 Å². The maximum absolute atomic E-state index is 12.3. The number of ketones is 1. The van der Waals surface area contributed by atoms with E-state index in [1.54, 1.807) is 12.1 Å². The Balaban J connectivity index is 1.48. The van der Waals surface area contributed by atoms with Crippen molar-refractivity contribution in [2.45, 2.75) is 32.1 Å². The summed E-state index contributed by atoms with van der Waals surface area (Å²) < 4.78 is 10.3. The van der Waals surface area contributed by atoms with Crippen LogP contribution in [0.1, 0.15) is 51.1 Å². The number of aryl methyl sites for hydroxylation is 2. The lowest BCUT2D eigenvalue weighted by Crippen LogP contribution is -2.41. The molecule has 0 aromatic heterocycles. The SMILES string of the molecule is COc1ccc(C(=O)NNC(=O)CCC(=O)c2ccc3c(c2)CCC3)cc1OC. The quantitative estimate of drug-likeness (QED) is 0.554. The molecule has 2 aromatic rings. The number of benzene rings is 2. The second-order valence-corrected chi connectivity index (χ2v) is 6.83. The second-order valence-electron chi connectivity index (χ2n) is 6.83. The third-order valence-corrected chi connectivity index (χ3v) is 4.96. The van der Waals surface area contributed by atoms with Gasteiger partial charge in [-0.15, -0.1) is 0 Å². The van der Waals surface area contributed by atoms with E-state index < -0.39 is 11.8 Å². The predicted molar refractivity (Wildman–Crippen MR) is 107 cm³/mol. The van der Waals surface area contributed by atoms with Crippen molar-refractivity contribution in [1.29, 1.82) is 0 Å². The van der Waals surface area contributed by atoms with Crippen molar-refractivity contribution >= 4 is 17.6 Å². The minimum Gasteiger partial charge on any atom is -0.493 e. The molecule has 7 nitrogen and oxygen atoms in total. The maximum atomic E-state index is 12.3. The van der Waals surface area contributed by atoms with Crippen LogP contribution in [0.15, 0.2) is 36.4 Å². The van der Waals surface area contributed by atoms with Crippen LogP contribution in [-0.2, 0) is 17.6 Å². The number of ether oxygens (including phenoxy) is 2. The first-order valence-electron chi connectivity index (χ1n) is 9.48.